The second-order valence-electron chi connectivity index (χ2n) is 5.70. The lowest BCUT2D eigenvalue weighted by Gasteiger charge is -2.18. The number of fused-ring (bicyclic) bond motifs is 1. The van der Waals surface area contributed by atoms with Crippen molar-refractivity contribution in [2.45, 2.75) is 51.6 Å². The van der Waals surface area contributed by atoms with E-state index in [1.807, 2.05) is 6.33 Å². The van der Waals surface area contributed by atoms with Gasteiger partial charge in [0.25, 0.3) is 0 Å². The summed E-state index contributed by atoms with van der Waals surface area (Å²) in [5.41, 5.74) is 11.6. The number of hydrogen-bond donors (Lipinski definition) is 1. The molecule has 3 heteroatoms. The zero-order chi connectivity index (χ0) is 13.9. The van der Waals surface area contributed by atoms with Crippen LogP contribution >= 0.6 is 0 Å². The maximum absolute atomic E-state index is 6.36. The lowest BCUT2D eigenvalue weighted by Crippen LogP contribution is -2.19. The topological polar surface area (TPSA) is 43.8 Å². The molecule has 0 spiro atoms. The van der Waals surface area contributed by atoms with Gasteiger partial charge in [-0.05, 0) is 43.2 Å². The first kappa shape index (κ1) is 13.4. The number of nitrogens with zero attached hydrogens (tertiary/aromatic N) is 2. The highest BCUT2D eigenvalue weighted by molar-refractivity contribution is 5.25. The minimum absolute atomic E-state index is 0.0427. The Hall–Kier alpha value is -1.61. The van der Waals surface area contributed by atoms with Crippen molar-refractivity contribution in [3.63, 3.8) is 0 Å². The third kappa shape index (κ3) is 2.63. The lowest BCUT2D eigenvalue weighted by molar-refractivity contribution is 0.541. The summed E-state index contributed by atoms with van der Waals surface area (Å²) < 4.78 is 2.26. The summed E-state index contributed by atoms with van der Waals surface area (Å²) in [5.74, 6) is 0. The Morgan fingerprint density at radius 3 is 2.70 bits per heavy atom. The fourth-order valence-electron chi connectivity index (χ4n) is 3.01. The van der Waals surface area contributed by atoms with Crippen LogP contribution in [0.1, 0.15) is 48.3 Å². The Morgan fingerprint density at radius 1 is 1.20 bits per heavy atom. The predicted octanol–water partition coefficient (Wildman–Crippen LogP) is 3.02. The molecular weight excluding hydrogens is 246 g/mol. The zero-order valence-electron chi connectivity index (χ0n) is 12.2. The first-order valence-electron chi connectivity index (χ1n) is 7.65. The van der Waals surface area contributed by atoms with Crippen LogP contribution in [-0.2, 0) is 25.8 Å². The second-order valence-corrected chi connectivity index (χ2v) is 5.70. The number of aromatic nitrogens is 2. The molecule has 0 amide bonds. The molecule has 0 saturated carbocycles. The highest BCUT2D eigenvalue weighted by Crippen LogP contribution is 2.22. The van der Waals surface area contributed by atoms with Crippen LogP contribution in [0.4, 0.5) is 0 Å². The molecule has 2 aromatic rings. The summed E-state index contributed by atoms with van der Waals surface area (Å²) in [4.78, 5) is 4.54. The SMILES string of the molecule is CCc1ccc(C(N)Cn2cnc3c2CCCC3)cc1. The number of benzene rings is 1. The molecule has 1 unspecified atom stereocenters. The molecule has 0 bridgehead atoms. The molecule has 20 heavy (non-hydrogen) atoms. The monoisotopic (exact) mass is 269 g/mol. The van der Waals surface area contributed by atoms with E-state index in [2.05, 4.69) is 40.7 Å². The first-order valence-corrected chi connectivity index (χ1v) is 7.65. The van der Waals surface area contributed by atoms with Crippen molar-refractivity contribution < 1.29 is 0 Å². The fourth-order valence-corrected chi connectivity index (χ4v) is 3.01. The van der Waals surface area contributed by atoms with E-state index in [1.165, 1.54) is 35.4 Å². The Morgan fingerprint density at radius 2 is 1.95 bits per heavy atom. The molecule has 2 N–H and O–H groups in total. The highest BCUT2D eigenvalue weighted by atomic mass is 15.1. The van der Waals surface area contributed by atoms with Gasteiger partial charge in [0.1, 0.15) is 0 Å². The summed E-state index contributed by atoms with van der Waals surface area (Å²) in [7, 11) is 0. The van der Waals surface area contributed by atoms with Crippen LogP contribution in [0.15, 0.2) is 30.6 Å². The number of hydrogen-bond acceptors (Lipinski definition) is 2. The van der Waals surface area contributed by atoms with Gasteiger partial charge in [0, 0.05) is 18.3 Å². The van der Waals surface area contributed by atoms with Crippen molar-refractivity contribution in [3.05, 3.63) is 53.1 Å². The van der Waals surface area contributed by atoms with Crippen molar-refractivity contribution in [2.75, 3.05) is 0 Å². The molecule has 0 radical (unpaired) electrons. The molecule has 1 aromatic heterocycles. The molecule has 106 valence electrons. The molecule has 0 fully saturated rings. The van der Waals surface area contributed by atoms with Crippen molar-refractivity contribution in [1.82, 2.24) is 9.55 Å². The lowest BCUT2D eigenvalue weighted by atomic mass is 10.0. The van der Waals surface area contributed by atoms with Crippen LogP contribution in [0.3, 0.4) is 0 Å². The zero-order valence-corrected chi connectivity index (χ0v) is 12.2. The van der Waals surface area contributed by atoms with Gasteiger partial charge in [-0.1, -0.05) is 31.2 Å². The molecule has 1 aliphatic rings. The van der Waals surface area contributed by atoms with E-state index in [9.17, 15) is 0 Å². The van der Waals surface area contributed by atoms with Crippen molar-refractivity contribution in [1.29, 1.82) is 0 Å². The van der Waals surface area contributed by atoms with Gasteiger partial charge >= 0.3 is 0 Å². The quantitative estimate of drug-likeness (QED) is 0.927. The van der Waals surface area contributed by atoms with Gasteiger partial charge in [-0.15, -0.1) is 0 Å². The summed E-state index contributed by atoms with van der Waals surface area (Å²) in [5, 5.41) is 0. The van der Waals surface area contributed by atoms with E-state index in [1.54, 1.807) is 0 Å². The highest BCUT2D eigenvalue weighted by Gasteiger charge is 2.17. The van der Waals surface area contributed by atoms with Crippen LogP contribution in [0, 0.1) is 0 Å². The summed E-state index contributed by atoms with van der Waals surface area (Å²) in [6.07, 6.45) is 7.87. The van der Waals surface area contributed by atoms with E-state index in [-0.39, 0.29) is 6.04 Å². The normalized spacial score (nSPS) is 15.9. The maximum Gasteiger partial charge on any atom is 0.0952 e. The maximum atomic E-state index is 6.36. The van der Waals surface area contributed by atoms with Crippen LogP contribution < -0.4 is 5.73 Å². The van der Waals surface area contributed by atoms with Crippen molar-refractivity contribution in [2.24, 2.45) is 5.73 Å². The molecule has 3 nitrogen and oxygen atoms in total. The number of aryl methyl sites for hydroxylation is 2. The third-order valence-electron chi connectivity index (χ3n) is 4.32. The Balaban J connectivity index is 1.74. The van der Waals surface area contributed by atoms with E-state index in [0.29, 0.717) is 0 Å². The van der Waals surface area contributed by atoms with E-state index in [4.69, 9.17) is 5.73 Å². The second kappa shape index (κ2) is 5.80. The van der Waals surface area contributed by atoms with Gasteiger partial charge in [0.15, 0.2) is 0 Å². The molecule has 1 heterocycles. The molecule has 1 aromatic carbocycles. The summed E-state index contributed by atoms with van der Waals surface area (Å²) in [6.45, 7) is 3.00. The van der Waals surface area contributed by atoms with Crippen LogP contribution in [-0.4, -0.2) is 9.55 Å². The van der Waals surface area contributed by atoms with E-state index in [0.717, 1.165) is 25.8 Å². The molecular formula is C17H23N3. The Kier molecular flexibility index (Phi) is 3.88. The van der Waals surface area contributed by atoms with Crippen LogP contribution in [0.2, 0.25) is 0 Å². The van der Waals surface area contributed by atoms with E-state index < -0.39 is 0 Å². The van der Waals surface area contributed by atoms with Crippen LogP contribution in [0.5, 0.6) is 0 Å². The minimum atomic E-state index is 0.0427. The van der Waals surface area contributed by atoms with Gasteiger partial charge in [-0.3, -0.25) is 0 Å². The minimum Gasteiger partial charge on any atom is -0.332 e. The molecule has 0 aliphatic heterocycles. The van der Waals surface area contributed by atoms with Gasteiger partial charge in [0.05, 0.1) is 12.0 Å². The van der Waals surface area contributed by atoms with Gasteiger partial charge < -0.3 is 10.3 Å². The fraction of sp³-hybridized carbons (Fsp3) is 0.471. The summed E-state index contributed by atoms with van der Waals surface area (Å²) >= 11 is 0. The number of nitrogens with two attached hydrogens (primary N) is 1. The predicted molar refractivity (Wildman–Crippen MR) is 81.6 cm³/mol. The average Bonchev–Trinajstić information content (AvgIpc) is 2.91. The van der Waals surface area contributed by atoms with Gasteiger partial charge in [-0.2, -0.15) is 0 Å². The average molecular weight is 269 g/mol. The standard InChI is InChI=1S/C17H23N3/c1-2-13-7-9-14(10-8-13)15(18)11-20-12-19-16-5-3-4-6-17(16)20/h7-10,12,15H,2-6,11,18H2,1H3. The van der Waals surface area contributed by atoms with Crippen molar-refractivity contribution >= 4 is 0 Å². The van der Waals surface area contributed by atoms with Gasteiger partial charge in [-0.25, -0.2) is 4.98 Å². The Labute approximate surface area is 120 Å². The molecule has 3 rings (SSSR count). The summed E-state index contributed by atoms with van der Waals surface area (Å²) in [6, 6.07) is 8.72. The van der Waals surface area contributed by atoms with Gasteiger partial charge in [0.2, 0.25) is 0 Å². The van der Waals surface area contributed by atoms with Crippen LogP contribution in [0.25, 0.3) is 0 Å². The Bertz CT molecular complexity index is 568. The smallest absolute Gasteiger partial charge is 0.0952 e. The molecule has 0 saturated heterocycles. The first-order chi connectivity index (χ1) is 9.78. The molecule has 1 atom stereocenters. The van der Waals surface area contributed by atoms with Crippen molar-refractivity contribution in [3.8, 4) is 0 Å². The number of rotatable bonds is 4. The molecule has 1 aliphatic carbocycles. The number of imidazole rings is 1. The largest absolute Gasteiger partial charge is 0.332 e. The third-order valence-corrected chi connectivity index (χ3v) is 4.32. The van der Waals surface area contributed by atoms with E-state index >= 15 is 0 Å².